The van der Waals surface area contributed by atoms with Gasteiger partial charge in [-0.3, -0.25) is 9.36 Å². The van der Waals surface area contributed by atoms with Gasteiger partial charge in [0.15, 0.2) is 16.0 Å². The van der Waals surface area contributed by atoms with Gasteiger partial charge in [0.05, 0.1) is 44.7 Å². The number of para-hydroxylation sites is 1. The molecule has 0 aliphatic carbocycles. The molecule has 12 heteroatoms. The van der Waals surface area contributed by atoms with E-state index in [0.29, 0.717) is 44.8 Å². The number of amides is 1. The van der Waals surface area contributed by atoms with E-state index in [1.165, 1.54) is 23.1 Å². The van der Waals surface area contributed by atoms with Crippen LogP contribution in [0.4, 0.5) is 5.13 Å². The normalized spacial score (nSPS) is 10.8. The number of carbonyl (C=O) groups excluding carboxylic acids is 1. The number of methoxy groups -OCH3 is 3. The lowest BCUT2D eigenvalue weighted by Crippen LogP contribution is -2.14. The van der Waals surface area contributed by atoms with E-state index >= 15 is 0 Å². The first-order valence-corrected chi connectivity index (χ1v) is 13.2. The lowest BCUT2D eigenvalue weighted by Gasteiger charge is -2.14. The quantitative estimate of drug-likeness (QED) is 0.229. The molecule has 1 amide bonds. The van der Waals surface area contributed by atoms with Crippen molar-refractivity contribution in [1.29, 1.82) is 0 Å². The molecule has 0 atom stereocenters. The highest BCUT2D eigenvalue weighted by Crippen LogP contribution is 2.35. The van der Waals surface area contributed by atoms with Crippen LogP contribution in [0.1, 0.15) is 0 Å². The van der Waals surface area contributed by atoms with Crippen molar-refractivity contribution in [2.45, 2.75) is 5.16 Å². The van der Waals surface area contributed by atoms with Crippen molar-refractivity contribution >= 4 is 34.1 Å². The van der Waals surface area contributed by atoms with E-state index in [2.05, 4.69) is 20.5 Å². The zero-order chi connectivity index (χ0) is 26.5. The fourth-order valence-corrected chi connectivity index (χ4v) is 5.19. The van der Waals surface area contributed by atoms with E-state index in [0.717, 1.165) is 11.3 Å². The summed E-state index contributed by atoms with van der Waals surface area (Å²) in [4.78, 5) is 17.4. The van der Waals surface area contributed by atoms with Crippen LogP contribution in [0, 0.1) is 0 Å². The predicted octanol–water partition coefficient (Wildman–Crippen LogP) is 5.41. The Kier molecular flexibility index (Phi) is 7.61. The second-order valence-corrected chi connectivity index (χ2v) is 9.53. The number of furan rings is 1. The first kappa shape index (κ1) is 25.4. The molecular weight excluding hydrogens is 526 g/mol. The van der Waals surface area contributed by atoms with Crippen LogP contribution in [0.3, 0.4) is 0 Å². The third kappa shape index (κ3) is 5.22. The number of hydrogen-bond acceptors (Lipinski definition) is 10. The maximum atomic E-state index is 12.9. The molecule has 0 radical (unpaired) electrons. The first-order chi connectivity index (χ1) is 18.6. The van der Waals surface area contributed by atoms with E-state index < -0.39 is 0 Å². The summed E-state index contributed by atoms with van der Waals surface area (Å²) in [5, 5.41) is 14.4. The second-order valence-electron chi connectivity index (χ2n) is 7.73. The minimum absolute atomic E-state index is 0.0755. The smallest absolute Gasteiger partial charge is 0.236 e. The molecule has 2 aromatic carbocycles. The summed E-state index contributed by atoms with van der Waals surface area (Å²) in [6.07, 6.45) is 1.56. The fraction of sp³-hybridized carbons (Fsp3) is 0.154. The number of nitrogens with one attached hydrogen (secondary N) is 1. The summed E-state index contributed by atoms with van der Waals surface area (Å²) in [5.41, 5.74) is 2.22. The van der Waals surface area contributed by atoms with Gasteiger partial charge in [-0.25, -0.2) is 4.98 Å². The minimum atomic E-state index is -0.234. The molecule has 0 aliphatic heterocycles. The monoisotopic (exact) mass is 549 g/mol. The number of anilines is 1. The van der Waals surface area contributed by atoms with Crippen LogP contribution < -0.4 is 19.5 Å². The summed E-state index contributed by atoms with van der Waals surface area (Å²) in [6.45, 7) is 0. The van der Waals surface area contributed by atoms with E-state index in [-0.39, 0.29) is 11.7 Å². The van der Waals surface area contributed by atoms with Crippen LogP contribution in [-0.4, -0.2) is 52.7 Å². The largest absolute Gasteiger partial charge is 0.497 e. The Morgan fingerprint density at radius 1 is 1.03 bits per heavy atom. The molecule has 0 bridgehead atoms. The average Bonchev–Trinajstić information content (AvgIpc) is 3.72. The number of carbonyl (C=O) groups is 1. The molecule has 194 valence electrons. The van der Waals surface area contributed by atoms with Gasteiger partial charge in [0, 0.05) is 17.0 Å². The summed E-state index contributed by atoms with van der Waals surface area (Å²) >= 11 is 2.57. The summed E-state index contributed by atoms with van der Waals surface area (Å²) < 4.78 is 23.8. The van der Waals surface area contributed by atoms with Gasteiger partial charge < -0.3 is 23.9 Å². The van der Waals surface area contributed by atoms with Gasteiger partial charge in [-0.2, -0.15) is 0 Å². The predicted molar refractivity (Wildman–Crippen MR) is 146 cm³/mol. The fourth-order valence-electron chi connectivity index (χ4n) is 3.71. The lowest BCUT2D eigenvalue weighted by atomic mass is 10.1. The number of thiazole rings is 1. The zero-order valence-electron chi connectivity index (χ0n) is 20.7. The zero-order valence-corrected chi connectivity index (χ0v) is 22.3. The summed E-state index contributed by atoms with van der Waals surface area (Å²) in [6, 6.07) is 16.6. The number of aromatic nitrogens is 4. The Morgan fingerprint density at radius 3 is 2.63 bits per heavy atom. The topological polar surface area (TPSA) is 114 Å². The average molecular weight is 550 g/mol. The number of hydrogen-bond donors (Lipinski definition) is 1. The van der Waals surface area contributed by atoms with Crippen molar-refractivity contribution in [3.8, 4) is 45.8 Å². The van der Waals surface area contributed by atoms with Crippen LogP contribution in [0.5, 0.6) is 17.2 Å². The first-order valence-electron chi connectivity index (χ1n) is 11.3. The molecule has 0 saturated carbocycles. The Balaban J connectivity index is 1.37. The van der Waals surface area contributed by atoms with Crippen LogP contribution in [-0.2, 0) is 4.79 Å². The number of ether oxygens (including phenoxy) is 3. The van der Waals surface area contributed by atoms with E-state index in [1.54, 1.807) is 56.4 Å². The molecule has 5 aromatic rings. The van der Waals surface area contributed by atoms with Crippen molar-refractivity contribution in [3.05, 3.63) is 66.2 Å². The molecule has 1 N–H and O–H groups in total. The SMILES string of the molecule is COc1ccc(OC)c(-n2c(SCC(=O)Nc3nc(-c4ccccc4OC)cs3)nnc2-c2ccco2)c1. The van der Waals surface area contributed by atoms with Crippen molar-refractivity contribution < 1.29 is 23.4 Å². The molecular formula is C26H23N5O5S2. The molecule has 0 unspecified atom stereocenters. The number of benzene rings is 2. The van der Waals surface area contributed by atoms with E-state index in [9.17, 15) is 4.79 Å². The van der Waals surface area contributed by atoms with Crippen molar-refractivity contribution in [2.24, 2.45) is 0 Å². The summed E-state index contributed by atoms with van der Waals surface area (Å²) in [7, 11) is 4.78. The third-order valence-corrected chi connectivity index (χ3v) is 7.15. The molecule has 0 saturated heterocycles. The molecule has 0 fully saturated rings. The highest BCUT2D eigenvalue weighted by atomic mass is 32.2. The Hall–Kier alpha value is -4.29. The van der Waals surface area contributed by atoms with Gasteiger partial charge in [0.25, 0.3) is 0 Å². The molecule has 3 aromatic heterocycles. The Bertz CT molecular complexity index is 1550. The van der Waals surface area contributed by atoms with Gasteiger partial charge in [0.2, 0.25) is 11.7 Å². The Labute approximate surface area is 226 Å². The van der Waals surface area contributed by atoms with Crippen LogP contribution in [0.2, 0.25) is 0 Å². The van der Waals surface area contributed by atoms with Gasteiger partial charge in [-0.15, -0.1) is 21.5 Å². The molecule has 5 rings (SSSR count). The maximum absolute atomic E-state index is 12.9. The van der Waals surface area contributed by atoms with Gasteiger partial charge in [-0.05, 0) is 36.4 Å². The molecule has 3 heterocycles. The van der Waals surface area contributed by atoms with Gasteiger partial charge in [0.1, 0.15) is 17.2 Å². The second kappa shape index (κ2) is 11.4. The van der Waals surface area contributed by atoms with Gasteiger partial charge >= 0.3 is 0 Å². The molecule has 38 heavy (non-hydrogen) atoms. The maximum Gasteiger partial charge on any atom is 0.236 e. The van der Waals surface area contributed by atoms with Crippen LogP contribution in [0.15, 0.2) is 75.8 Å². The molecule has 10 nitrogen and oxygen atoms in total. The van der Waals surface area contributed by atoms with E-state index in [4.69, 9.17) is 18.6 Å². The third-order valence-electron chi connectivity index (χ3n) is 5.47. The molecule has 0 spiro atoms. The highest BCUT2D eigenvalue weighted by Gasteiger charge is 2.22. The van der Waals surface area contributed by atoms with Crippen molar-refractivity contribution in [3.63, 3.8) is 0 Å². The van der Waals surface area contributed by atoms with Crippen molar-refractivity contribution in [1.82, 2.24) is 19.7 Å². The van der Waals surface area contributed by atoms with Crippen LogP contribution >= 0.6 is 23.1 Å². The van der Waals surface area contributed by atoms with Gasteiger partial charge in [-0.1, -0.05) is 23.9 Å². The standard InChI is InChI=1S/C26H23N5O5S2/c1-33-16-10-11-21(35-3)19(13-16)31-24(22-9-6-12-36-22)29-30-26(31)38-15-23(32)28-25-27-18(14-37-25)17-7-4-5-8-20(17)34-2/h4-14H,15H2,1-3H3,(H,27,28,32). The number of rotatable bonds is 10. The van der Waals surface area contributed by atoms with Crippen LogP contribution in [0.25, 0.3) is 28.5 Å². The minimum Gasteiger partial charge on any atom is -0.497 e. The van der Waals surface area contributed by atoms with Crippen molar-refractivity contribution in [2.75, 3.05) is 32.4 Å². The summed E-state index contributed by atoms with van der Waals surface area (Å²) in [5.74, 6) is 2.75. The van der Waals surface area contributed by atoms with E-state index in [1.807, 2.05) is 35.7 Å². The Morgan fingerprint density at radius 2 is 1.87 bits per heavy atom. The highest BCUT2D eigenvalue weighted by molar-refractivity contribution is 7.99. The number of nitrogens with zero attached hydrogens (tertiary/aromatic N) is 4. The number of thioether (sulfide) groups is 1. The molecule has 0 aliphatic rings. The lowest BCUT2D eigenvalue weighted by molar-refractivity contribution is -0.113.